The molecular weight excluding hydrogens is 220 g/mol. The second-order valence-electron chi connectivity index (χ2n) is 3.51. The second kappa shape index (κ2) is 4.60. The van der Waals surface area contributed by atoms with E-state index >= 15 is 0 Å². The van der Waals surface area contributed by atoms with Crippen LogP contribution in [0.3, 0.4) is 0 Å². The summed E-state index contributed by atoms with van der Waals surface area (Å²) in [6.07, 6.45) is 3.15. The lowest BCUT2D eigenvalue weighted by molar-refractivity contribution is 0.0995. The van der Waals surface area contributed by atoms with E-state index < -0.39 is 5.91 Å². The Bertz CT molecular complexity index is 535. The van der Waals surface area contributed by atoms with Crippen molar-refractivity contribution in [2.75, 3.05) is 5.32 Å². The van der Waals surface area contributed by atoms with Crippen LogP contribution >= 0.6 is 0 Å². The number of nitrogens with two attached hydrogens (primary N) is 1. The second-order valence-corrected chi connectivity index (χ2v) is 3.51. The highest BCUT2D eigenvalue weighted by atomic mass is 16.1. The molecule has 0 unspecified atom stereocenters. The number of amides is 1. The number of anilines is 1. The van der Waals surface area contributed by atoms with Crippen LogP contribution in [0.15, 0.2) is 24.7 Å². The van der Waals surface area contributed by atoms with Crippen LogP contribution in [0.1, 0.15) is 16.3 Å². The van der Waals surface area contributed by atoms with Gasteiger partial charge in [-0.15, -0.1) is 10.2 Å². The highest BCUT2D eigenvalue weighted by Crippen LogP contribution is 2.08. The fraction of sp³-hybridized carbons (Fsp3) is 0.200. The molecule has 2 heterocycles. The summed E-state index contributed by atoms with van der Waals surface area (Å²) in [5, 5.41) is 10.8. The number of nitrogens with zero attached hydrogens (tertiary/aromatic N) is 4. The third-order valence-electron chi connectivity index (χ3n) is 2.27. The van der Waals surface area contributed by atoms with Crippen LogP contribution in [-0.4, -0.2) is 25.7 Å². The van der Waals surface area contributed by atoms with Gasteiger partial charge in [-0.1, -0.05) is 0 Å². The molecule has 17 heavy (non-hydrogen) atoms. The number of carbonyl (C=O) groups is 1. The van der Waals surface area contributed by atoms with E-state index in [2.05, 4.69) is 20.5 Å². The summed E-state index contributed by atoms with van der Waals surface area (Å²) in [6, 6.07) is 3.35. The highest BCUT2D eigenvalue weighted by Gasteiger charge is 2.04. The summed E-state index contributed by atoms with van der Waals surface area (Å²) in [5.74, 6) is 0.245. The van der Waals surface area contributed by atoms with Crippen molar-refractivity contribution in [2.24, 2.45) is 12.8 Å². The SMILES string of the molecule is Cn1cnnc1CNc1ccnc(C(N)=O)c1. The summed E-state index contributed by atoms with van der Waals surface area (Å²) in [6.45, 7) is 0.513. The number of rotatable bonds is 4. The smallest absolute Gasteiger partial charge is 0.267 e. The zero-order chi connectivity index (χ0) is 12.3. The summed E-state index contributed by atoms with van der Waals surface area (Å²) >= 11 is 0. The fourth-order valence-corrected chi connectivity index (χ4v) is 1.32. The molecule has 0 aromatic carbocycles. The number of pyridine rings is 1. The molecule has 0 saturated heterocycles. The minimum absolute atomic E-state index is 0.230. The maximum atomic E-state index is 10.9. The van der Waals surface area contributed by atoms with Crippen LogP contribution in [-0.2, 0) is 13.6 Å². The van der Waals surface area contributed by atoms with Crippen molar-refractivity contribution < 1.29 is 4.79 Å². The van der Waals surface area contributed by atoms with Gasteiger partial charge in [-0.3, -0.25) is 9.78 Å². The van der Waals surface area contributed by atoms with Gasteiger partial charge in [0.25, 0.3) is 5.91 Å². The van der Waals surface area contributed by atoms with Gasteiger partial charge in [0.15, 0.2) is 5.82 Å². The number of nitrogens with one attached hydrogen (secondary N) is 1. The van der Waals surface area contributed by atoms with Crippen LogP contribution in [0.2, 0.25) is 0 Å². The van der Waals surface area contributed by atoms with Crippen molar-refractivity contribution in [1.82, 2.24) is 19.7 Å². The molecule has 0 aliphatic rings. The van der Waals surface area contributed by atoms with Gasteiger partial charge in [0, 0.05) is 18.9 Å². The number of aryl methyl sites for hydroxylation is 1. The summed E-state index contributed by atoms with van der Waals surface area (Å²) in [5.41, 5.74) is 6.13. The molecule has 1 amide bonds. The monoisotopic (exact) mass is 232 g/mol. The molecule has 88 valence electrons. The number of carbonyl (C=O) groups excluding carboxylic acids is 1. The van der Waals surface area contributed by atoms with Crippen LogP contribution in [0.4, 0.5) is 5.69 Å². The highest BCUT2D eigenvalue weighted by molar-refractivity contribution is 5.91. The number of hydrogen-bond acceptors (Lipinski definition) is 5. The summed E-state index contributed by atoms with van der Waals surface area (Å²) in [4.78, 5) is 14.8. The van der Waals surface area contributed by atoms with E-state index in [1.165, 1.54) is 6.20 Å². The Morgan fingerprint density at radius 2 is 2.41 bits per heavy atom. The van der Waals surface area contributed by atoms with Crippen LogP contribution in [0.5, 0.6) is 0 Å². The van der Waals surface area contributed by atoms with Crippen molar-refractivity contribution in [1.29, 1.82) is 0 Å². The lowest BCUT2D eigenvalue weighted by Crippen LogP contribution is -2.13. The predicted molar refractivity (Wildman–Crippen MR) is 61.1 cm³/mol. The molecule has 0 aliphatic carbocycles. The molecule has 0 radical (unpaired) electrons. The molecule has 2 aromatic rings. The molecule has 7 heteroatoms. The maximum absolute atomic E-state index is 10.9. The van der Waals surface area contributed by atoms with Crippen molar-refractivity contribution in [3.8, 4) is 0 Å². The Morgan fingerprint density at radius 1 is 1.59 bits per heavy atom. The van der Waals surface area contributed by atoms with E-state index in [-0.39, 0.29) is 5.69 Å². The van der Waals surface area contributed by atoms with E-state index in [9.17, 15) is 4.79 Å². The molecule has 0 spiro atoms. The van der Waals surface area contributed by atoms with Crippen molar-refractivity contribution in [3.63, 3.8) is 0 Å². The third-order valence-corrected chi connectivity index (χ3v) is 2.27. The zero-order valence-corrected chi connectivity index (χ0v) is 9.29. The largest absolute Gasteiger partial charge is 0.378 e. The standard InChI is InChI=1S/C10H12N6O/c1-16-6-14-15-9(16)5-13-7-2-3-12-8(4-7)10(11)17/h2-4,6H,5H2,1H3,(H2,11,17)(H,12,13). The van der Waals surface area contributed by atoms with Crippen LogP contribution < -0.4 is 11.1 Å². The Kier molecular flexibility index (Phi) is 2.99. The van der Waals surface area contributed by atoms with Gasteiger partial charge in [0.2, 0.25) is 0 Å². The first-order chi connectivity index (χ1) is 8.16. The average molecular weight is 232 g/mol. The minimum Gasteiger partial charge on any atom is -0.378 e. The number of aromatic nitrogens is 4. The number of hydrogen-bond donors (Lipinski definition) is 2. The lowest BCUT2D eigenvalue weighted by Gasteiger charge is -2.06. The van der Waals surface area contributed by atoms with Gasteiger partial charge < -0.3 is 15.6 Å². The Morgan fingerprint density at radius 3 is 3.06 bits per heavy atom. The van der Waals surface area contributed by atoms with Crippen LogP contribution in [0, 0.1) is 0 Å². The molecule has 2 aromatic heterocycles. The topological polar surface area (TPSA) is 98.7 Å². The number of primary amides is 1. The van der Waals surface area contributed by atoms with Gasteiger partial charge in [-0.25, -0.2) is 0 Å². The summed E-state index contributed by atoms with van der Waals surface area (Å²) < 4.78 is 1.81. The molecule has 2 rings (SSSR count). The molecule has 7 nitrogen and oxygen atoms in total. The third kappa shape index (κ3) is 2.57. The lowest BCUT2D eigenvalue weighted by atomic mass is 10.3. The van der Waals surface area contributed by atoms with Gasteiger partial charge in [-0.2, -0.15) is 0 Å². The van der Waals surface area contributed by atoms with Gasteiger partial charge >= 0.3 is 0 Å². The minimum atomic E-state index is -0.549. The first-order valence-electron chi connectivity index (χ1n) is 4.99. The van der Waals surface area contributed by atoms with Gasteiger partial charge in [-0.05, 0) is 12.1 Å². The van der Waals surface area contributed by atoms with Gasteiger partial charge in [0.05, 0.1) is 6.54 Å². The Labute approximate surface area is 97.7 Å². The predicted octanol–water partition coefficient (Wildman–Crippen LogP) is -0.0789. The normalized spacial score (nSPS) is 10.2. The van der Waals surface area contributed by atoms with Crippen molar-refractivity contribution in [3.05, 3.63) is 36.2 Å². The fourth-order valence-electron chi connectivity index (χ4n) is 1.32. The maximum Gasteiger partial charge on any atom is 0.267 e. The molecule has 0 atom stereocenters. The van der Waals surface area contributed by atoms with E-state index in [4.69, 9.17) is 5.73 Å². The average Bonchev–Trinajstić information content (AvgIpc) is 2.72. The van der Waals surface area contributed by atoms with Crippen LogP contribution in [0.25, 0.3) is 0 Å². The quantitative estimate of drug-likeness (QED) is 0.768. The molecule has 0 bridgehead atoms. The molecule has 0 saturated carbocycles. The van der Waals surface area contributed by atoms with E-state index in [1.807, 2.05) is 11.6 Å². The van der Waals surface area contributed by atoms with Crippen molar-refractivity contribution in [2.45, 2.75) is 6.54 Å². The van der Waals surface area contributed by atoms with Gasteiger partial charge in [0.1, 0.15) is 12.0 Å². The molecule has 0 aliphatic heterocycles. The van der Waals surface area contributed by atoms with Crippen molar-refractivity contribution >= 4 is 11.6 Å². The zero-order valence-electron chi connectivity index (χ0n) is 9.29. The van der Waals surface area contributed by atoms with E-state index in [0.717, 1.165) is 11.5 Å². The molecule has 0 fully saturated rings. The van der Waals surface area contributed by atoms with E-state index in [0.29, 0.717) is 6.54 Å². The summed E-state index contributed by atoms with van der Waals surface area (Å²) in [7, 11) is 1.86. The Hall–Kier alpha value is -2.44. The molecular formula is C10H12N6O. The molecule has 3 N–H and O–H groups in total. The first kappa shape index (κ1) is 11.1. The Balaban J connectivity index is 2.07. The van der Waals surface area contributed by atoms with E-state index in [1.54, 1.807) is 18.5 Å². The first-order valence-corrected chi connectivity index (χ1v) is 4.99.